The first-order chi connectivity index (χ1) is 8.59. The van der Waals surface area contributed by atoms with E-state index in [4.69, 9.17) is 23.2 Å². The quantitative estimate of drug-likeness (QED) is 0.921. The lowest BCUT2D eigenvalue weighted by atomic mass is 10.0. The summed E-state index contributed by atoms with van der Waals surface area (Å²) in [5.74, 6) is 0. The highest BCUT2D eigenvalue weighted by Gasteiger charge is 2.30. The fraction of sp³-hybridized carbons (Fsp3) is 0.500. The van der Waals surface area contributed by atoms with Crippen LogP contribution < -0.4 is 5.32 Å². The third kappa shape index (κ3) is 3.12. The van der Waals surface area contributed by atoms with E-state index in [1.165, 1.54) is 6.07 Å². The van der Waals surface area contributed by atoms with Crippen LogP contribution in [0.15, 0.2) is 18.2 Å². The molecule has 0 aliphatic carbocycles. The first-order valence-electron chi connectivity index (χ1n) is 5.77. The Morgan fingerprint density at radius 1 is 1.11 bits per heavy atom. The van der Waals surface area contributed by atoms with Crippen LogP contribution in [0.2, 0.25) is 10.0 Å². The van der Waals surface area contributed by atoms with Gasteiger partial charge in [0.05, 0.1) is 16.1 Å². The molecule has 0 unspecified atom stereocenters. The lowest BCUT2D eigenvalue weighted by Crippen LogP contribution is -2.46. The van der Waals surface area contributed by atoms with E-state index in [1.807, 2.05) is 0 Å². The van der Waals surface area contributed by atoms with Gasteiger partial charge in [-0.15, -0.1) is 0 Å². The van der Waals surface area contributed by atoms with E-state index >= 15 is 0 Å². The van der Waals surface area contributed by atoms with E-state index in [-0.39, 0.29) is 0 Å². The van der Waals surface area contributed by atoms with Crippen LogP contribution in [0.5, 0.6) is 0 Å². The van der Waals surface area contributed by atoms with Crippen LogP contribution in [0.3, 0.4) is 0 Å². The molecule has 1 fully saturated rings. The Kier molecular flexibility index (Phi) is 4.78. The summed E-state index contributed by atoms with van der Waals surface area (Å²) in [4.78, 5) is 1.78. The Morgan fingerprint density at radius 3 is 2.33 bits per heavy atom. The average molecular weight is 295 g/mol. The Balaban J connectivity index is 2.25. The zero-order chi connectivity index (χ0) is 13.1. The lowest BCUT2D eigenvalue weighted by molar-refractivity contribution is 0.0182. The predicted octanol–water partition coefficient (Wildman–Crippen LogP) is 3.20. The molecular weight excluding hydrogens is 281 g/mol. The molecule has 1 saturated heterocycles. The van der Waals surface area contributed by atoms with Crippen LogP contribution in [-0.4, -0.2) is 37.5 Å². The minimum absolute atomic E-state index is 0.315. The van der Waals surface area contributed by atoms with Crippen molar-refractivity contribution in [3.8, 4) is 0 Å². The van der Waals surface area contributed by atoms with Gasteiger partial charge in [-0.3, -0.25) is 4.90 Å². The normalized spacial score (nSPS) is 19.2. The maximum absolute atomic E-state index is 13.3. The number of nitrogens with one attached hydrogen (secondary N) is 1. The van der Waals surface area contributed by atoms with Crippen LogP contribution in [0.4, 0.5) is 8.78 Å². The third-order valence-electron chi connectivity index (χ3n) is 3.07. The molecule has 6 heteroatoms. The van der Waals surface area contributed by atoms with E-state index in [1.54, 1.807) is 17.0 Å². The van der Waals surface area contributed by atoms with E-state index in [0.717, 1.165) is 13.1 Å². The molecule has 1 aliphatic rings. The van der Waals surface area contributed by atoms with Crippen molar-refractivity contribution in [3.63, 3.8) is 0 Å². The summed E-state index contributed by atoms with van der Waals surface area (Å²) in [7, 11) is 0. The molecule has 18 heavy (non-hydrogen) atoms. The molecule has 2 nitrogen and oxygen atoms in total. The van der Waals surface area contributed by atoms with Crippen molar-refractivity contribution in [2.45, 2.75) is 12.5 Å². The van der Waals surface area contributed by atoms with Crippen LogP contribution in [0.1, 0.15) is 11.6 Å². The van der Waals surface area contributed by atoms with Crippen molar-refractivity contribution in [3.05, 3.63) is 33.8 Å². The number of rotatable bonds is 3. The minimum Gasteiger partial charge on any atom is -0.314 e. The first-order valence-corrected chi connectivity index (χ1v) is 6.53. The van der Waals surface area contributed by atoms with Gasteiger partial charge in [0.1, 0.15) is 0 Å². The highest BCUT2D eigenvalue weighted by molar-refractivity contribution is 6.42. The molecule has 1 N–H and O–H groups in total. The van der Waals surface area contributed by atoms with Crippen molar-refractivity contribution in [2.75, 3.05) is 26.2 Å². The van der Waals surface area contributed by atoms with Gasteiger partial charge in [0.2, 0.25) is 0 Å². The number of benzene rings is 1. The Hall–Kier alpha value is -0.420. The summed E-state index contributed by atoms with van der Waals surface area (Å²) in [6.07, 6.45) is -2.44. The van der Waals surface area contributed by atoms with Crippen molar-refractivity contribution in [1.29, 1.82) is 0 Å². The fourth-order valence-corrected chi connectivity index (χ4v) is 2.48. The van der Waals surface area contributed by atoms with Gasteiger partial charge >= 0.3 is 0 Å². The molecule has 1 heterocycles. The highest BCUT2D eigenvalue weighted by atomic mass is 35.5. The van der Waals surface area contributed by atoms with Gasteiger partial charge in [-0.1, -0.05) is 29.3 Å². The van der Waals surface area contributed by atoms with Gasteiger partial charge in [-0.2, -0.15) is 0 Å². The van der Waals surface area contributed by atoms with Crippen LogP contribution in [0.25, 0.3) is 0 Å². The molecule has 0 amide bonds. The number of halogens is 4. The standard InChI is InChI=1S/C12H14Cl2F2N2/c13-9-2-1-8(7-10(9)14)11(12(15)16)18-5-3-17-4-6-18/h1-2,7,11-12,17H,3-6H2/t11-/m1/s1. The Bertz CT molecular complexity index is 409. The largest absolute Gasteiger partial charge is 0.314 e. The molecule has 0 saturated carbocycles. The molecule has 1 aromatic carbocycles. The maximum Gasteiger partial charge on any atom is 0.258 e. The number of alkyl halides is 2. The minimum atomic E-state index is -2.44. The Morgan fingerprint density at radius 2 is 1.78 bits per heavy atom. The van der Waals surface area contributed by atoms with Gasteiger partial charge in [0, 0.05) is 26.2 Å². The van der Waals surface area contributed by atoms with E-state index < -0.39 is 12.5 Å². The van der Waals surface area contributed by atoms with Crippen molar-refractivity contribution < 1.29 is 8.78 Å². The van der Waals surface area contributed by atoms with Gasteiger partial charge in [0.15, 0.2) is 0 Å². The molecule has 1 aromatic rings. The van der Waals surface area contributed by atoms with E-state index in [0.29, 0.717) is 28.7 Å². The lowest BCUT2D eigenvalue weighted by Gasteiger charge is -2.34. The summed E-state index contributed by atoms with van der Waals surface area (Å²) in [5, 5.41) is 3.84. The van der Waals surface area contributed by atoms with Gasteiger partial charge in [-0.25, -0.2) is 8.78 Å². The molecule has 0 bridgehead atoms. The second kappa shape index (κ2) is 6.15. The zero-order valence-electron chi connectivity index (χ0n) is 9.67. The number of piperazine rings is 1. The monoisotopic (exact) mass is 294 g/mol. The summed E-state index contributed by atoms with van der Waals surface area (Å²) < 4.78 is 26.5. The third-order valence-corrected chi connectivity index (χ3v) is 3.81. The van der Waals surface area contributed by atoms with Gasteiger partial charge in [0.25, 0.3) is 6.43 Å². The summed E-state index contributed by atoms with van der Waals surface area (Å²) >= 11 is 11.7. The summed E-state index contributed by atoms with van der Waals surface area (Å²) in [5.41, 5.74) is 0.515. The number of hydrogen-bond acceptors (Lipinski definition) is 2. The van der Waals surface area contributed by atoms with Crippen molar-refractivity contribution >= 4 is 23.2 Å². The van der Waals surface area contributed by atoms with E-state index in [2.05, 4.69) is 5.32 Å². The molecule has 0 aromatic heterocycles. The average Bonchev–Trinajstić information content (AvgIpc) is 2.35. The maximum atomic E-state index is 13.3. The van der Waals surface area contributed by atoms with Crippen molar-refractivity contribution in [1.82, 2.24) is 10.2 Å². The smallest absolute Gasteiger partial charge is 0.258 e. The Labute approximate surface area is 115 Å². The second-order valence-electron chi connectivity index (χ2n) is 4.24. The number of nitrogens with zero attached hydrogens (tertiary/aromatic N) is 1. The van der Waals surface area contributed by atoms with E-state index in [9.17, 15) is 8.78 Å². The topological polar surface area (TPSA) is 15.3 Å². The van der Waals surface area contributed by atoms with Gasteiger partial charge in [-0.05, 0) is 17.7 Å². The molecule has 0 spiro atoms. The highest BCUT2D eigenvalue weighted by Crippen LogP contribution is 2.32. The first kappa shape index (κ1) is 14.0. The molecular formula is C12H14Cl2F2N2. The SMILES string of the molecule is FC(F)[C@@H](c1ccc(Cl)c(Cl)c1)N1CCNCC1. The molecule has 1 aliphatic heterocycles. The molecule has 2 rings (SSSR count). The predicted molar refractivity (Wildman–Crippen MR) is 69.6 cm³/mol. The van der Waals surface area contributed by atoms with Crippen LogP contribution in [-0.2, 0) is 0 Å². The number of hydrogen-bond donors (Lipinski definition) is 1. The zero-order valence-corrected chi connectivity index (χ0v) is 11.2. The molecule has 100 valence electrons. The van der Waals surface area contributed by atoms with Crippen molar-refractivity contribution in [2.24, 2.45) is 0 Å². The van der Waals surface area contributed by atoms with Crippen LogP contribution in [0, 0.1) is 0 Å². The molecule has 0 radical (unpaired) electrons. The van der Waals surface area contributed by atoms with Crippen LogP contribution >= 0.6 is 23.2 Å². The fourth-order valence-electron chi connectivity index (χ4n) is 2.17. The summed E-state index contributed by atoms with van der Waals surface area (Å²) in [6.45, 7) is 2.67. The summed E-state index contributed by atoms with van der Waals surface area (Å²) in [6, 6.07) is 3.80. The molecule has 1 atom stereocenters. The second-order valence-corrected chi connectivity index (χ2v) is 5.05. The van der Waals surface area contributed by atoms with Gasteiger partial charge < -0.3 is 5.32 Å².